The van der Waals surface area contributed by atoms with E-state index >= 15 is 0 Å². The molecule has 6 rings (SSSR count). The molecule has 12 nitrogen and oxygen atoms in total. The smallest absolute Gasteiger partial charge is 0.408 e. The lowest BCUT2D eigenvalue weighted by Crippen LogP contribution is -2.53. The van der Waals surface area contributed by atoms with Crippen molar-refractivity contribution in [1.82, 2.24) is 20.2 Å². The normalized spacial score (nSPS) is 20.0. The summed E-state index contributed by atoms with van der Waals surface area (Å²) in [7, 11) is 0. The summed E-state index contributed by atoms with van der Waals surface area (Å²) in [6, 6.07) is 3.89. The van der Waals surface area contributed by atoms with Crippen LogP contribution in [0.4, 0.5) is 9.93 Å². The highest BCUT2D eigenvalue weighted by molar-refractivity contribution is 7.14. The quantitative estimate of drug-likeness (QED) is 0.268. The minimum absolute atomic E-state index is 0.0852. The van der Waals surface area contributed by atoms with Crippen LogP contribution >= 0.6 is 11.3 Å². The number of alkyl carbamates (subject to hydrolysis) is 1. The number of thiazole rings is 1. The number of fused-ring (bicyclic) bond motifs is 3. The van der Waals surface area contributed by atoms with E-state index in [1.807, 2.05) is 23.6 Å². The van der Waals surface area contributed by atoms with Gasteiger partial charge in [0.05, 0.1) is 24.4 Å². The number of primary amides is 1. The van der Waals surface area contributed by atoms with Gasteiger partial charge in [0.15, 0.2) is 5.13 Å². The summed E-state index contributed by atoms with van der Waals surface area (Å²) in [5, 5.41) is 9.52. The van der Waals surface area contributed by atoms with Crippen molar-refractivity contribution in [3.63, 3.8) is 0 Å². The number of anilines is 1. The molecule has 3 amide bonds. The number of carbonyl (C=O) groups excluding carboxylic acids is 3. The Morgan fingerprint density at radius 1 is 1.15 bits per heavy atom. The fourth-order valence-electron chi connectivity index (χ4n) is 6.32. The standard InChI is InChI=1S/C33H40N6O6S/c1-17(2)28(38-33(42)45-19-7-5-6-8-19)31(41)39-15-20(13-25(39)30(34)40)44-27-14-23(24-16-46-32(37-24)35-18(3)4)36-29-21(27)9-10-26-22(29)11-12-43-26/h9-10,14,16,18-20,25,28H,1,5-8,11-13,15H2,2-4H3,(H2,34,40)(H,35,37)(H,38,42)/t20-,25+,28+/m1/s1. The Morgan fingerprint density at radius 2 is 1.93 bits per heavy atom. The molecule has 1 saturated carbocycles. The average molecular weight is 649 g/mol. The van der Waals surface area contributed by atoms with Crippen LogP contribution in [0.2, 0.25) is 0 Å². The van der Waals surface area contributed by atoms with E-state index in [0.717, 1.165) is 53.0 Å². The predicted molar refractivity (Wildman–Crippen MR) is 175 cm³/mol. The second-order valence-electron chi connectivity index (χ2n) is 12.5. The third kappa shape index (κ3) is 6.60. The van der Waals surface area contributed by atoms with Crippen LogP contribution in [0.15, 0.2) is 35.7 Å². The highest BCUT2D eigenvalue weighted by atomic mass is 32.1. The second-order valence-corrected chi connectivity index (χ2v) is 13.4. The van der Waals surface area contributed by atoms with Crippen molar-refractivity contribution in [3.05, 3.63) is 41.3 Å². The molecule has 2 aliphatic heterocycles. The van der Waals surface area contributed by atoms with E-state index in [2.05, 4.69) is 31.1 Å². The number of amides is 3. The maximum absolute atomic E-state index is 13.8. The van der Waals surface area contributed by atoms with Crippen LogP contribution in [0.25, 0.3) is 22.3 Å². The van der Waals surface area contributed by atoms with Crippen molar-refractivity contribution in [1.29, 1.82) is 0 Å². The molecule has 1 saturated heterocycles. The van der Waals surface area contributed by atoms with Crippen molar-refractivity contribution in [3.8, 4) is 22.9 Å². The number of ether oxygens (including phenoxy) is 3. The second kappa shape index (κ2) is 13.1. The maximum Gasteiger partial charge on any atom is 0.408 e. The van der Waals surface area contributed by atoms with Crippen LogP contribution in [0, 0.1) is 0 Å². The van der Waals surface area contributed by atoms with Gasteiger partial charge < -0.3 is 35.5 Å². The first kappa shape index (κ1) is 31.6. The summed E-state index contributed by atoms with van der Waals surface area (Å²) >= 11 is 1.50. The average Bonchev–Trinajstić information content (AvgIpc) is 3.82. The molecule has 13 heteroatoms. The molecule has 244 valence electrons. The number of nitrogens with one attached hydrogen (secondary N) is 2. The molecule has 3 aromatic rings. The zero-order valence-corrected chi connectivity index (χ0v) is 27.2. The molecule has 1 aromatic carbocycles. The summed E-state index contributed by atoms with van der Waals surface area (Å²) < 4.78 is 17.9. The molecule has 4 heterocycles. The highest BCUT2D eigenvalue weighted by Crippen LogP contribution is 2.39. The number of carbonyl (C=O) groups is 3. The van der Waals surface area contributed by atoms with E-state index in [1.165, 1.54) is 16.2 Å². The zero-order valence-electron chi connectivity index (χ0n) is 26.3. The van der Waals surface area contributed by atoms with E-state index < -0.39 is 36.1 Å². The summed E-state index contributed by atoms with van der Waals surface area (Å²) in [5.74, 6) is 0.197. The van der Waals surface area contributed by atoms with Crippen molar-refractivity contribution < 1.29 is 28.6 Å². The lowest BCUT2D eigenvalue weighted by Gasteiger charge is -2.28. The molecule has 2 fully saturated rings. The van der Waals surface area contributed by atoms with Crippen LogP contribution in [0.1, 0.15) is 58.4 Å². The van der Waals surface area contributed by atoms with Crippen LogP contribution in [-0.4, -0.2) is 76.3 Å². The van der Waals surface area contributed by atoms with Gasteiger partial charge in [-0.25, -0.2) is 14.8 Å². The van der Waals surface area contributed by atoms with Crippen molar-refractivity contribution in [2.75, 3.05) is 18.5 Å². The molecule has 3 atom stereocenters. The van der Waals surface area contributed by atoms with Gasteiger partial charge in [-0.1, -0.05) is 6.58 Å². The van der Waals surface area contributed by atoms with Crippen LogP contribution in [0.5, 0.6) is 11.5 Å². The Bertz CT molecular complexity index is 1670. The first-order valence-corrected chi connectivity index (χ1v) is 16.7. The molecular weight excluding hydrogens is 608 g/mol. The molecule has 0 unspecified atom stereocenters. The monoisotopic (exact) mass is 648 g/mol. The molecule has 4 N–H and O–H groups in total. The summed E-state index contributed by atoms with van der Waals surface area (Å²) in [5.41, 5.74) is 9.31. The molecule has 2 aromatic heterocycles. The predicted octanol–water partition coefficient (Wildman–Crippen LogP) is 4.56. The Kier molecular flexibility index (Phi) is 9.03. The van der Waals surface area contributed by atoms with Crippen molar-refractivity contribution >= 4 is 45.3 Å². The number of benzene rings is 1. The largest absolute Gasteiger partial charge is 0.493 e. The minimum Gasteiger partial charge on any atom is -0.493 e. The number of pyridine rings is 1. The van der Waals surface area contributed by atoms with E-state index in [4.69, 9.17) is 29.9 Å². The van der Waals surface area contributed by atoms with Crippen LogP contribution in [0.3, 0.4) is 0 Å². The van der Waals surface area contributed by atoms with E-state index in [-0.39, 0.29) is 25.1 Å². The summed E-state index contributed by atoms with van der Waals surface area (Å²) in [6.07, 6.45) is 3.09. The number of nitrogens with zero attached hydrogens (tertiary/aromatic N) is 3. The zero-order chi connectivity index (χ0) is 32.5. The Labute approximate surface area is 271 Å². The van der Waals surface area contributed by atoms with Gasteiger partial charge in [-0.05, 0) is 64.2 Å². The number of aromatic nitrogens is 2. The van der Waals surface area contributed by atoms with Gasteiger partial charge in [-0.3, -0.25) is 9.59 Å². The summed E-state index contributed by atoms with van der Waals surface area (Å²) in [4.78, 5) is 50.2. The van der Waals surface area contributed by atoms with Gasteiger partial charge in [-0.15, -0.1) is 11.3 Å². The van der Waals surface area contributed by atoms with Gasteiger partial charge in [0.25, 0.3) is 0 Å². The Balaban J connectivity index is 1.27. The lowest BCUT2D eigenvalue weighted by atomic mass is 10.1. The van der Waals surface area contributed by atoms with Crippen molar-refractivity contribution in [2.45, 2.75) is 89.6 Å². The van der Waals surface area contributed by atoms with Crippen LogP contribution < -0.4 is 25.8 Å². The first-order chi connectivity index (χ1) is 22.1. The fraction of sp³-hybridized carbons (Fsp3) is 0.485. The molecular formula is C33H40N6O6S. The topological polar surface area (TPSA) is 158 Å². The molecule has 0 bridgehead atoms. The van der Waals surface area contributed by atoms with Gasteiger partial charge in [0.2, 0.25) is 11.8 Å². The number of hydrogen-bond donors (Lipinski definition) is 3. The Hall–Kier alpha value is -4.39. The molecule has 3 aliphatic rings. The Morgan fingerprint density at radius 3 is 2.65 bits per heavy atom. The number of hydrogen-bond acceptors (Lipinski definition) is 10. The number of nitrogens with two attached hydrogens (primary N) is 1. The van der Waals surface area contributed by atoms with E-state index in [0.29, 0.717) is 35.7 Å². The lowest BCUT2D eigenvalue weighted by molar-refractivity contribution is -0.138. The minimum atomic E-state index is -1.08. The molecule has 0 spiro atoms. The molecule has 46 heavy (non-hydrogen) atoms. The highest BCUT2D eigenvalue weighted by Gasteiger charge is 2.43. The van der Waals surface area contributed by atoms with E-state index in [1.54, 1.807) is 6.92 Å². The van der Waals surface area contributed by atoms with Crippen molar-refractivity contribution in [2.24, 2.45) is 5.73 Å². The fourth-order valence-corrected chi connectivity index (χ4v) is 7.17. The van der Waals surface area contributed by atoms with Gasteiger partial charge >= 0.3 is 6.09 Å². The van der Waals surface area contributed by atoms with Gasteiger partial charge in [-0.2, -0.15) is 0 Å². The number of rotatable bonds is 10. The van der Waals surface area contributed by atoms with Gasteiger partial charge in [0.1, 0.15) is 41.5 Å². The van der Waals surface area contributed by atoms with Crippen LogP contribution in [-0.2, 0) is 20.7 Å². The third-order valence-corrected chi connectivity index (χ3v) is 9.31. The SMILES string of the molecule is C=C(C)[C@H](NC(=O)OC1CCCC1)C(=O)N1C[C@H](Oc2cc(-c3csc(NC(C)C)n3)nc3c4c(ccc23)OCC4)C[C@H]1C(N)=O. The first-order valence-electron chi connectivity index (χ1n) is 15.8. The third-order valence-electron chi connectivity index (χ3n) is 8.54. The molecule has 0 radical (unpaired) electrons. The number of likely N-dealkylation sites (tertiary alicyclic amines) is 1. The maximum atomic E-state index is 13.8. The molecule has 1 aliphatic carbocycles. The summed E-state index contributed by atoms with van der Waals surface area (Å²) in [6.45, 7) is 10.3. The van der Waals surface area contributed by atoms with Gasteiger partial charge in [0, 0.05) is 41.3 Å². The van der Waals surface area contributed by atoms with E-state index in [9.17, 15) is 14.4 Å².